The Labute approximate surface area is 84.4 Å². The Morgan fingerprint density at radius 2 is 2.29 bits per heavy atom. The van der Waals surface area contributed by atoms with Gasteiger partial charge >= 0.3 is 0 Å². The number of thiophene rings is 1. The number of nitrogens with one attached hydrogen (secondary N) is 1. The zero-order chi connectivity index (χ0) is 10.0. The average Bonchev–Trinajstić information content (AvgIpc) is 2.71. The van der Waals surface area contributed by atoms with Crippen molar-refractivity contribution in [3.05, 3.63) is 29.8 Å². The molecule has 0 radical (unpaired) electrons. The van der Waals surface area contributed by atoms with Crippen LogP contribution in [0.5, 0.6) is 0 Å². The van der Waals surface area contributed by atoms with Crippen molar-refractivity contribution in [3.8, 4) is 0 Å². The SMILES string of the molecule is O=S(=O)(Nc1ccon1)c1cccs1. The molecule has 2 heterocycles. The van der Waals surface area contributed by atoms with Crippen molar-refractivity contribution < 1.29 is 12.9 Å². The molecule has 2 aromatic rings. The van der Waals surface area contributed by atoms with Crippen LogP contribution in [0.4, 0.5) is 5.82 Å². The largest absolute Gasteiger partial charge is 0.363 e. The fraction of sp³-hybridized carbons (Fsp3) is 0. The molecule has 0 bridgehead atoms. The van der Waals surface area contributed by atoms with Crippen LogP contribution in [0.1, 0.15) is 0 Å². The number of aromatic nitrogens is 1. The fourth-order valence-corrected chi connectivity index (χ4v) is 2.86. The fourth-order valence-electron chi connectivity index (χ4n) is 0.870. The molecular weight excluding hydrogens is 224 g/mol. The highest BCUT2D eigenvalue weighted by Crippen LogP contribution is 2.18. The third kappa shape index (κ3) is 1.78. The summed E-state index contributed by atoms with van der Waals surface area (Å²) in [7, 11) is -3.49. The van der Waals surface area contributed by atoms with Crippen molar-refractivity contribution in [2.45, 2.75) is 4.21 Å². The van der Waals surface area contributed by atoms with E-state index in [-0.39, 0.29) is 10.0 Å². The summed E-state index contributed by atoms with van der Waals surface area (Å²) >= 11 is 1.14. The summed E-state index contributed by atoms with van der Waals surface area (Å²) in [4.78, 5) is 0. The molecule has 2 rings (SSSR count). The number of sulfonamides is 1. The predicted octanol–water partition coefficient (Wildman–Crippen LogP) is 1.54. The molecule has 0 aliphatic rings. The summed E-state index contributed by atoms with van der Waals surface area (Å²) in [6, 6.07) is 4.63. The summed E-state index contributed by atoms with van der Waals surface area (Å²) in [5.74, 6) is 0.179. The van der Waals surface area contributed by atoms with E-state index in [0.717, 1.165) is 11.3 Å². The molecule has 0 aliphatic carbocycles. The molecule has 0 aromatic carbocycles. The van der Waals surface area contributed by atoms with Crippen LogP contribution in [0.15, 0.2) is 38.6 Å². The van der Waals surface area contributed by atoms with Crippen LogP contribution >= 0.6 is 11.3 Å². The molecule has 7 heteroatoms. The predicted molar refractivity (Wildman–Crippen MR) is 51.6 cm³/mol. The highest BCUT2D eigenvalue weighted by atomic mass is 32.2. The Balaban J connectivity index is 2.27. The van der Waals surface area contributed by atoms with Gasteiger partial charge in [0.15, 0.2) is 5.82 Å². The first-order valence-corrected chi connectivity index (χ1v) is 6.01. The molecule has 14 heavy (non-hydrogen) atoms. The lowest BCUT2D eigenvalue weighted by molar-refractivity contribution is 0.423. The van der Waals surface area contributed by atoms with Crippen LogP contribution < -0.4 is 4.72 Å². The molecular formula is C7H6N2O3S2. The molecule has 74 valence electrons. The lowest BCUT2D eigenvalue weighted by Crippen LogP contribution is -2.11. The third-order valence-electron chi connectivity index (χ3n) is 1.44. The van der Waals surface area contributed by atoms with E-state index >= 15 is 0 Å². The van der Waals surface area contributed by atoms with E-state index in [1.807, 2.05) is 0 Å². The van der Waals surface area contributed by atoms with E-state index in [4.69, 9.17) is 0 Å². The van der Waals surface area contributed by atoms with Gasteiger partial charge < -0.3 is 4.52 Å². The molecule has 0 saturated heterocycles. The molecule has 0 amide bonds. The molecule has 0 fully saturated rings. The Bertz CT molecular complexity index is 487. The van der Waals surface area contributed by atoms with Gasteiger partial charge in [-0.25, -0.2) is 8.42 Å². The molecule has 2 aromatic heterocycles. The molecule has 0 aliphatic heterocycles. The van der Waals surface area contributed by atoms with Crippen LogP contribution in [-0.2, 0) is 10.0 Å². The van der Waals surface area contributed by atoms with Crippen molar-refractivity contribution in [2.24, 2.45) is 0 Å². The second-order valence-electron chi connectivity index (χ2n) is 2.42. The smallest absolute Gasteiger partial charge is 0.272 e. The minimum atomic E-state index is -3.49. The van der Waals surface area contributed by atoms with Gasteiger partial charge in [0.1, 0.15) is 10.5 Å². The van der Waals surface area contributed by atoms with Crippen LogP contribution in [0.25, 0.3) is 0 Å². The van der Waals surface area contributed by atoms with Crippen LogP contribution in [0.2, 0.25) is 0 Å². The van der Waals surface area contributed by atoms with E-state index in [1.165, 1.54) is 18.4 Å². The third-order valence-corrected chi connectivity index (χ3v) is 4.19. The minimum Gasteiger partial charge on any atom is -0.363 e. The van der Waals surface area contributed by atoms with Crippen molar-refractivity contribution in [3.63, 3.8) is 0 Å². The monoisotopic (exact) mass is 230 g/mol. The quantitative estimate of drug-likeness (QED) is 0.868. The van der Waals surface area contributed by atoms with E-state index in [1.54, 1.807) is 11.4 Å². The maximum absolute atomic E-state index is 11.6. The van der Waals surface area contributed by atoms with Crippen molar-refractivity contribution in [1.82, 2.24) is 5.16 Å². The van der Waals surface area contributed by atoms with E-state index in [9.17, 15) is 8.42 Å². The Morgan fingerprint density at radius 1 is 1.43 bits per heavy atom. The normalized spacial score (nSPS) is 11.4. The zero-order valence-electron chi connectivity index (χ0n) is 6.88. The van der Waals surface area contributed by atoms with Gasteiger partial charge in [0.2, 0.25) is 0 Å². The first-order valence-electron chi connectivity index (χ1n) is 3.65. The lowest BCUT2D eigenvalue weighted by atomic mass is 10.7. The summed E-state index contributed by atoms with van der Waals surface area (Å²) in [6.07, 6.45) is 1.30. The first kappa shape index (κ1) is 9.22. The number of nitrogens with zero attached hydrogens (tertiary/aromatic N) is 1. The van der Waals surface area contributed by atoms with Crippen molar-refractivity contribution >= 4 is 27.2 Å². The highest BCUT2D eigenvalue weighted by Gasteiger charge is 2.15. The number of hydrogen-bond acceptors (Lipinski definition) is 5. The molecule has 0 spiro atoms. The van der Waals surface area contributed by atoms with Gasteiger partial charge in [0, 0.05) is 6.07 Å². The average molecular weight is 230 g/mol. The topological polar surface area (TPSA) is 72.2 Å². The number of rotatable bonds is 3. The molecule has 5 nitrogen and oxygen atoms in total. The van der Waals surface area contributed by atoms with Crippen LogP contribution in [-0.4, -0.2) is 13.6 Å². The highest BCUT2D eigenvalue weighted by molar-refractivity contribution is 7.94. The molecule has 0 saturated carbocycles. The Morgan fingerprint density at radius 3 is 2.86 bits per heavy atom. The van der Waals surface area contributed by atoms with Gasteiger partial charge in [-0.3, -0.25) is 4.72 Å². The van der Waals surface area contributed by atoms with Crippen LogP contribution in [0.3, 0.4) is 0 Å². The summed E-state index contributed by atoms with van der Waals surface area (Å²) in [6.45, 7) is 0. The van der Waals surface area contributed by atoms with E-state index in [0.29, 0.717) is 0 Å². The van der Waals surface area contributed by atoms with E-state index in [2.05, 4.69) is 14.4 Å². The maximum atomic E-state index is 11.6. The van der Waals surface area contributed by atoms with Crippen molar-refractivity contribution in [1.29, 1.82) is 0 Å². The molecule has 1 N–H and O–H groups in total. The molecule has 0 atom stereocenters. The molecule has 0 unspecified atom stereocenters. The maximum Gasteiger partial charge on any atom is 0.272 e. The standard InChI is InChI=1S/C7H6N2O3S2/c10-14(11,7-2-1-5-13-7)9-6-3-4-12-8-6/h1-5H,(H,8,9). The number of hydrogen-bond donors (Lipinski definition) is 1. The first-order chi connectivity index (χ1) is 6.68. The Hall–Kier alpha value is -1.34. The van der Waals surface area contributed by atoms with Gasteiger partial charge in [-0.15, -0.1) is 11.3 Å². The second kappa shape index (κ2) is 3.43. The Kier molecular flexibility index (Phi) is 2.26. The van der Waals surface area contributed by atoms with Gasteiger partial charge in [0.05, 0.1) is 0 Å². The summed E-state index contributed by atoms with van der Waals surface area (Å²) in [5, 5.41) is 5.14. The van der Waals surface area contributed by atoms with Gasteiger partial charge in [-0.1, -0.05) is 11.2 Å². The number of anilines is 1. The van der Waals surface area contributed by atoms with Crippen molar-refractivity contribution in [2.75, 3.05) is 4.72 Å². The summed E-state index contributed by atoms with van der Waals surface area (Å²) in [5.41, 5.74) is 0. The van der Waals surface area contributed by atoms with Gasteiger partial charge in [0.25, 0.3) is 10.0 Å². The van der Waals surface area contributed by atoms with Gasteiger partial charge in [-0.05, 0) is 11.4 Å². The van der Waals surface area contributed by atoms with Crippen LogP contribution in [0, 0.1) is 0 Å². The van der Waals surface area contributed by atoms with E-state index < -0.39 is 10.0 Å². The van der Waals surface area contributed by atoms with Gasteiger partial charge in [-0.2, -0.15) is 0 Å². The second-order valence-corrected chi connectivity index (χ2v) is 5.28. The minimum absolute atomic E-state index is 0.179. The zero-order valence-corrected chi connectivity index (χ0v) is 8.51. The summed E-state index contributed by atoms with van der Waals surface area (Å²) < 4.78 is 30.2. The lowest BCUT2D eigenvalue weighted by Gasteiger charge is -2.00.